The fourth-order valence-corrected chi connectivity index (χ4v) is 3.65. The van der Waals surface area contributed by atoms with E-state index in [-0.39, 0.29) is 0 Å². The quantitative estimate of drug-likeness (QED) is 0.837. The maximum absolute atomic E-state index is 3.83. The highest BCUT2D eigenvalue weighted by Crippen LogP contribution is 2.18. The number of thiophene rings is 1. The van der Waals surface area contributed by atoms with E-state index < -0.39 is 0 Å². The van der Waals surface area contributed by atoms with Crippen LogP contribution in [0.1, 0.15) is 56.7 Å². The van der Waals surface area contributed by atoms with Gasteiger partial charge in [-0.15, -0.1) is 11.3 Å². The Kier molecular flexibility index (Phi) is 5.53. The normalized spacial score (nSPS) is 20.8. The molecule has 1 aromatic heterocycles. The van der Waals surface area contributed by atoms with Gasteiger partial charge in [-0.2, -0.15) is 0 Å². The summed E-state index contributed by atoms with van der Waals surface area (Å²) in [6, 6.07) is 5.80. The first-order valence-electron chi connectivity index (χ1n) is 7.13. The minimum atomic E-state index is 0.623. The van der Waals surface area contributed by atoms with Crippen molar-refractivity contribution in [3.8, 4) is 0 Å². The van der Waals surface area contributed by atoms with Crippen LogP contribution in [0, 0.1) is 0 Å². The minimum absolute atomic E-state index is 0.623. The summed E-state index contributed by atoms with van der Waals surface area (Å²) in [5.74, 6) is 0. The molecule has 17 heavy (non-hydrogen) atoms. The van der Waals surface area contributed by atoms with Crippen LogP contribution in [-0.4, -0.2) is 12.1 Å². The van der Waals surface area contributed by atoms with Crippen LogP contribution in [0.25, 0.3) is 0 Å². The molecule has 0 saturated heterocycles. The Morgan fingerprint density at radius 3 is 2.59 bits per heavy atom. The Morgan fingerprint density at radius 2 is 1.94 bits per heavy atom. The molecule has 2 heteroatoms. The topological polar surface area (TPSA) is 12.0 Å². The summed E-state index contributed by atoms with van der Waals surface area (Å²) in [4.78, 5) is 1.51. The van der Waals surface area contributed by atoms with Gasteiger partial charge >= 0.3 is 0 Å². The Hall–Kier alpha value is -0.340. The standard InChI is InChI=1S/C15H25NS/c1-13(12-15-10-7-11-17-15)16-14-8-5-3-2-4-6-9-14/h7,10-11,13-14,16H,2-6,8-9,12H2,1H3. The van der Waals surface area contributed by atoms with Gasteiger partial charge in [0.25, 0.3) is 0 Å². The van der Waals surface area contributed by atoms with Gasteiger partial charge in [0.15, 0.2) is 0 Å². The molecule has 1 aliphatic carbocycles. The van der Waals surface area contributed by atoms with Gasteiger partial charge in [-0.3, -0.25) is 0 Å². The third kappa shape index (κ3) is 4.81. The molecule has 1 N–H and O–H groups in total. The summed E-state index contributed by atoms with van der Waals surface area (Å²) < 4.78 is 0. The van der Waals surface area contributed by atoms with Gasteiger partial charge < -0.3 is 5.32 Å². The molecule has 1 heterocycles. The molecular weight excluding hydrogens is 226 g/mol. The maximum atomic E-state index is 3.83. The lowest BCUT2D eigenvalue weighted by atomic mass is 9.96. The van der Waals surface area contributed by atoms with E-state index in [1.165, 1.54) is 56.2 Å². The van der Waals surface area contributed by atoms with E-state index in [0.29, 0.717) is 6.04 Å². The third-order valence-electron chi connectivity index (χ3n) is 3.71. The average molecular weight is 251 g/mol. The number of hydrogen-bond acceptors (Lipinski definition) is 2. The molecule has 1 unspecified atom stereocenters. The highest BCUT2D eigenvalue weighted by Gasteiger charge is 2.14. The summed E-state index contributed by atoms with van der Waals surface area (Å²) in [6.45, 7) is 2.33. The molecule has 0 aromatic carbocycles. The molecule has 1 atom stereocenters. The average Bonchev–Trinajstić information content (AvgIpc) is 2.74. The van der Waals surface area contributed by atoms with Crippen LogP contribution in [0.15, 0.2) is 17.5 Å². The van der Waals surface area contributed by atoms with E-state index in [1.807, 2.05) is 11.3 Å². The van der Waals surface area contributed by atoms with Crippen LogP contribution < -0.4 is 5.32 Å². The van der Waals surface area contributed by atoms with Crippen LogP contribution >= 0.6 is 11.3 Å². The number of rotatable bonds is 4. The summed E-state index contributed by atoms with van der Waals surface area (Å²) in [5, 5.41) is 6.01. The van der Waals surface area contributed by atoms with Crippen molar-refractivity contribution in [3.63, 3.8) is 0 Å². The second-order valence-electron chi connectivity index (χ2n) is 5.39. The minimum Gasteiger partial charge on any atom is -0.311 e. The molecule has 1 nitrogen and oxygen atoms in total. The largest absolute Gasteiger partial charge is 0.311 e. The fraction of sp³-hybridized carbons (Fsp3) is 0.733. The molecule has 1 aromatic rings. The van der Waals surface area contributed by atoms with E-state index in [0.717, 1.165) is 6.04 Å². The number of hydrogen-bond donors (Lipinski definition) is 1. The Balaban J connectivity index is 1.74. The Labute approximate surface area is 110 Å². The molecule has 0 spiro atoms. The lowest BCUT2D eigenvalue weighted by molar-refractivity contribution is 0.359. The first kappa shape index (κ1) is 13.1. The van der Waals surface area contributed by atoms with Gasteiger partial charge in [0.2, 0.25) is 0 Å². The van der Waals surface area contributed by atoms with Crippen molar-refractivity contribution in [2.45, 2.75) is 70.4 Å². The zero-order valence-corrected chi connectivity index (χ0v) is 11.8. The molecule has 0 amide bonds. The molecule has 1 saturated carbocycles. The van der Waals surface area contributed by atoms with Crippen molar-refractivity contribution in [1.82, 2.24) is 5.32 Å². The fourth-order valence-electron chi connectivity index (χ4n) is 2.81. The van der Waals surface area contributed by atoms with Crippen LogP contribution in [0.3, 0.4) is 0 Å². The predicted octanol–water partition coefficient (Wildman–Crippen LogP) is 4.38. The molecule has 1 fully saturated rings. The van der Waals surface area contributed by atoms with Crippen LogP contribution in [0.5, 0.6) is 0 Å². The van der Waals surface area contributed by atoms with Crippen LogP contribution in [0.2, 0.25) is 0 Å². The molecule has 96 valence electrons. The summed E-state index contributed by atoms with van der Waals surface area (Å²) in [5.41, 5.74) is 0. The molecule has 0 aliphatic heterocycles. The van der Waals surface area contributed by atoms with E-state index in [1.54, 1.807) is 0 Å². The molecule has 0 radical (unpaired) electrons. The van der Waals surface area contributed by atoms with E-state index in [9.17, 15) is 0 Å². The van der Waals surface area contributed by atoms with Gasteiger partial charge in [-0.25, -0.2) is 0 Å². The highest BCUT2D eigenvalue weighted by molar-refractivity contribution is 7.09. The first-order chi connectivity index (χ1) is 8.34. The van der Waals surface area contributed by atoms with Crippen LogP contribution in [-0.2, 0) is 6.42 Å². The van der Waals surface area contributed by atoms with E-state index in [2.05, 4.69) is 29.8 Å². The van der Waals surface area contributed by atoms with Gasteiger partial charge in [0, 0.05) is 17.0 Å². The smallest absolute Gasteiger partial charge is 0.00896 e. The van der Waals surface area contributed by atoms with Gasteiger partial charge in [0.1, 0.15) is 0 Å². The SMILES string of the molecule is CC(Cc1cccs1)NC1CCCCCCC1. The van der Waals surface area contributed by atoms with Crippen molar-refractivity contribution < 1.29 is 0 Å². The monoisotopic (exact) mass is 251 g/mol. The Bertz CT molecular complexity index is 286. The Morgan fingerprint density at radius 1 is 1.24 bits per heavy atom. The zero-order chi connectivity index (χ0) is 11.9. The summed E-state index contributed by atoms with van der Waals surface area (Å²) in [6.07, 6.45) is 11.1. The zero-order valence-electron chi connectivity index (χ0n) is 11.0. The third-order valence-corrected chi connectivity index (χ3v) is 4.61. The number of nitrogens with one attached hydrogen (secondary N) is 1. The molecule has 2 rings (SSSR count). The maximum Gasteiger partial charge on any atom is 0.00896 e. The first-order valence-corrected chi connectivity index (χ1v) is 8.01. The van der Waals surface area contributed by atoms with Gasteiger partial charge in [0.05, 0.1) is 0 Å². The van der Waals surface area contributed by atoms with Crippen molar-refractivity contribution in [2.24, 2.45) is 0 Å². The van der Waals surface area contributed by atoms with E-state index >= 15 is 0 Å². The van der Waals surface area contributed by atoms with E-state index in [4.69, 9.17) is 0 Å². The van der Waals surface area contributed by atoms with Crippen LogP contribution in [0.4, 0.5) is 0 Å². The van der Waals surface area contributed by atoms with Crippen molar-refractivity contribution >= 4 is 11.3 Å². The lowest BCUT2D eigenvalue weighted by Gasteiger charge is -2.25. The highest BCUT2D eigenvalue weighted by atomic mass is 32.1. The molecular formula is C15H25NS. The molecule has 0 bridgehead atoms. The lowest BCUT2D eigenvalue weighted by Crippen LogP contribution is -2.38. The molecule has 1 aliphatic rings. The second kappa shape index (κ2) is 7.17. The van der Waals surface area contributed by atoms with Gasteiger partial charge in [-0.05, 0) is 37.6 Å². The van der Waals surface area contributed by atoms with Gasteiger partial charge in [-0.1, -0.05) is 38.2 Å². The van der Waals surface area contributed by atoms with Crippen molar-refractivity contribution in [3.05, 3.63) is 22.4 Å². The van der Waals surface area contributed by atoms with Crippen molar-refractivity contribution in [2.75, 3.05) is 0 Å². The predicted molar refractivity (Wildman–Crippen MR) is 76.7 cm³/mol. The van der Waals surface area contributed by atoms with Crippen molar-refractivity contribution in [1.29, 1.82) is 0 Å². The summed E-state index contributed by atoms with van der Waals surface area (Å²) >= 11 is 1.88. The second-order valence-corrected chi connectivity index (χ2v) is 6.43. The summed E-state index contributed by atoms with van der Waals surface area (Å²) in [7, 11) is 0.